The average Bonchev–Trinajstić information content (AvgIpc) is 2.95. The number of anilines is 1. The Morgan fingerprint density at radius 2 is 2.25 bits per heavy atom. The van der Waals surface area contributed by atoms with E-state index < -0.39 is 0 Å². The summed E-state index contributed by atoms with van der Waals surface area (Å²) in [5.41, 5.74) is 3.13. The predicted octanol–water partition coefficient (Wildman–Crippen LogP) is 3.28. The summed E-state index contributed by atoms with van der Waals surface area (Å²) in [6, 6.07) is 7.65. The quantitative estimate of drug-likeness (QED) is 0.878. The number of nitrogens with one attached hydrogen (secondary N) is 1. The summed E-state index contributed by atoms with van der Waals surface area (Å²) in [7, 11) is 0. The second-order valence-electron chi connectivity index (χ2n) is 4.68. The van der Waals surface area contributed by atoms with Gasteiger partial charge in [-0.25, -0.2) is 4.68 Å². The van der Waals surface area contributed by atoms with Crippen LogP contribution in [-0.2, 0) is 4.74 Å². The summed E-state index contributed by atoms with van der Waals surface area (Å²) in [5.74, 6) is 0. The molecule has 2 heterocycles. The van der Waals surface area contributed by atoms with Gasteiger partial charge in [-0.05, 0) is 24.1 Å². The molecule has 0 unspecified atom stereocenters. The molecule has 1 aliphatic heterocycles. The molecule has 1 aliphatic rings. The van der Waals surface area contributed by atoms with E-state index in [1.54, 1.807) is 10.9 Å². The summed E-state index contributed by atoms with van der Waals surface area (Å²) < 4.78 is 7.19. The van der Waals surface area contributed by atoms with Gasteiger partial charge >= 0.3 is 0 Å². The van der Waals surface area contributed by atoms with Crippen LogP contribution in [0, 0.1) is 0 Å². The number of nitrogens with zero attached hydrogens (tertiary/aromatic N) is 2. The molecule has 1 aromatic heterocycles. The van der Waals surface area contributed by atoms with Crippen LogP contribution >= 0.6 is 11.6 Å². The fourth-order valence-electron chi connectivity index (χ4n) is 2.13. The van der Waals surface area contributed by atoms with Crippen molar-refractivity contribution in [3.8, 4) is 5.69 Å². The van der Waals surface area contributed by atoms with Crippen LogP contribution in [-0.4, -0.2) is 29.5 Å². The van der Waals surface area contributed by atoms with Gasteiger partial charge in [0.15, 0.2) is 0 Å². The van der Waals surface area contributed by atoms with Gasteiger partial charge < -0.3 is 10.1 Å². The number of hydrogen-bond acceptors (Lipinski definition) is 3. The third kappa shape index (κ3) is 3.03. The summed E-state index contributed by atoms with van der Waals surface area (Å²) in [4.78, 5) is 0. The van der Waals surface area contributed by atoms with Crippen LogP contribution in [0.15, 0.2) is 48.3 Å². The van der Waals surface area contributed by atoms with Crippen LogP contribution in [0.4, 0.5) is 5.69 Å². The summed E-state index contributed by atoms with van der Waals surface area (Å²) in [5, 5.41) is 8.36. The van der Waals surface area contributed by atoms with Crippen molar-refractivity contribution in [3.63, 3.8) is 0 Å². The van der Waals surface area contributed by atoms with Crippen molar-refractivity contribution in [1.82, 2.24) is 9.78 Å². The molecule has 0 amide bonds. The molecule has 3 rings (SSSR count). The molecular formula is C15H16ClN3O. The van der Waals surface area contributed by atoms with E-state index in [0.717, 1.165) is 30.9 Å². The molecule has 0 bridgehead atoms. The van der Waals surface area contributed by atoms with Crippen molar-refractivity contribution in [2.24, 2.45) is 0 Å². The number of aromatic nitrogens is 2. The highest BCUT2D eigenvalue weighted by Gasteiger charge is 2.06. The molecule has 0 aliphatic carbocycles. The lowest BCUT2D eigenvalue weighted by Gasteiger charge is -2.13. The van der Waals surface area contributed by atoms with E-state index in [9.17, 15) is 0 Å². The number of ether oxygens (including phenoxy) is 1. The van der Waals surface area contributed by atoms with Crippen LogP contribution in [0.3, 0.4) is 0 Å². The molecule has 2 aromatic rings. The van der Waals surface area contributed by atoms with Gasteiger partial charge in [-0.15, -0.1) is 0 Å². The topological polar surface area (TPSA) is 39.1 Å². The zero-order chi connectivity index (χ0) is 13.8. The first-order valence-corrected chi connectivity index (χ1v) is 7.00. The zero-order valence-corrected chi connectivity index (χ0v) is 11.8. The van der Waals surface area contributed by atoms with Crippen molar-refractivity contribution in [1.29, 1.82) is 0 Å². The lowest BCUT2D eigenvalue weighted by molar-refractivity contribution is 0.150. The van der Waals surface area contributed by atoms with Gasteiger partial charge in [0.2, 0.25) is 0 Å². The van der Waals surface area contributed by atoms with Crippen LogP contribution in [0.1, 0.15) is 6.42 Å². The Kier molecular flexibility index (Phi) is 4.04. The van der Waals surface area contributed by atoms with Crippen LogP contribution in [0.5, 0.6) is 0 Å². The normalized spacial score (nSPS) is 14.9. The molecule has 0 spiro atoms. The number of hydrogen-bond donors (Lipinski definition) is 1. The molecule has 1 aromatic carbocycles. The van der Waals surface area contributed by atoms with Gasteiger partial charge in [-0.3, -0.25) is 0 Å². The minimum absolute atomic E-state index is 0.686. The Morgan fingerprint density at radius 3 is 3.05 bits per heavy atom. The molecule has 0 atom stereocenters. The molecular weight excluding hydrogens is 274 g/mol. The van der Waals surface area contributed by atoms with Gasteiger partial charge in [0.05, 0.1) is 42.0 Å². The van der Waals surface area contributed by atoms with E-state index in [2.05, 4.69) is 16.5 Å². The van der Waals surface area contributed by atoms with E-state index >= 15 is 0 Å². The largest absolute Gasteiger partial charge is 0.379 e. The first kappa shape index (κ1) is 13.2. The van der Waals surface area contributed by atoms with Crippen LogP contribution in [0.2, 0.25) is 5.02 Å². The third-order valence-electron chi connectivity index (χ3n) is 3.18. The van der Waals surface area contributed by atoms with Crippen molar-refractivity contribution in [2.45, 2.75) is 6.42 Å². The smallest absolute Gasteiger partial charge is 0.0832 e. The average molecular weight is 290 g/mol. The summed E-state index contributed by atoms with van der Waals surface area (Å²) in [6.07, 6.45) is 6.96. The maximum atomic E-state index is 6.16. The summed E-state index contributed by atoms with van der Waals surface area (Å²) >= 11 is 6.16. The van der Waals surface area contributed by atoms with Crippen molar-refractivity contribution >= 4 is 17.3 Å². The van der Waals surface area contributed by atoms with Crippen LogP contribution in [0.25, 0.3) is 5.69 Å². The molecule has 0 saturated carbocycles. The van der Waals surface area contributed by atoms with E-state index in [-0.39, 0.29) is 0 Å². The van der Waals surface area contributed by atoms with Gasteiger partial charge in [0.25, 0.3) is 0 Å². The van der Waals surface area contributed by atoms with E-state index in [1.165, 1.54) is 5.57 Å². The molecule has 20 heavy (non-hydrogen) atoms. The minimum Gasteiger partial charge on any atom is -0.379 e. The van der Waals surface area contributed by atoms with Gasteiger partial charge in [-0.2, -0.15) is 5.10 Å². The predicted molar refractivity (Wildman–Crippen MR) is 80.6 cm³/mol. The fourth-order valence-corrected chi connectivity index (χ4v) is 2.35. The first-order chi connectivity index (χ1) is 9.83. The maximum Gasteiger partial charge on any atom is 0.0832 e. The lowest BCUT2D eigenvalue weighted by Crippen LogP contribution is -2.13. The summed E-state index contributed by atoms with van der Waals surface area (Å²) in [6.45, 7) is 2.33. The molecule has 104 valence electrons. The van der Waals surface area contributed by atoms with E-state index in [0.29, 0.717) is 11.6 Å². The number of halogens is 1. The highest BCUT2D eigenvalue weighted by molar-refractivity contribution is 6.32. The lowest BCUT2D eigenvalue weighted by atomic mass is 10.2. The molecule has 0 radical (unpaired) electrons. The molecule has 0 fully saturated rings. The number of rotatable bonds is 4. The number of para-hydroxylation sites is 1. The van der Waals surface area contributed by atoms with Gasteiger partial charge in [-0.1, -0.05) is 29.8 Å². The van der Waals surface area contributed by atoms with Crippen molar-refractivity contribution in [2.75, 3.05) is 25.1 Å². The Labute approximate surface area is 123 Å². The molecule has 5 heteroatoms. The Morgan fingerprint density at radius 1 is 1.35 bits per heavy atom. The van der Waals surface area contributed by atoms with E-state index in [1.807, 2.05) is 30.5 Å². The molecule has 0 saturated heterocycles. The SMILES string of the molecule is Clc1ccccc1-n1cc(NCC2=CCCOC2)cn1. The second-order valence-corrected chi connectivity index (χ2v) is 5.09. The van der Waals surface area contributed by atoms with Crippen LogP contribution < -0.4 is 5.32 Å². The zero-order valence-electron chi connectivity index (χ0n) is 11.1. The minimum atomic E-state index is 0.686. The van der Waals surface area contributed by atoms with Crippen molar-refractivity contribution < 1.29 is 4.74 Å². The monoisotopic (exact) mass is 289 g/mol. The molecule has 4 nitrogen and oxygen atoms in total. The van der Waals surface area contributed by atoms with E-state index in [4.69, 9.17) is 16.3 Å². The highest BCUT2D eigenvalue weighted by Crippen LogP contribution is 2.20. The number of benzene rings is 1. The maximum absolute atomic E-state index is 6.16. The Bertz CT molecular complexity index is 621. The Balaban J connectivity index is 1.68. The molecule has 1 N–H and O–H groups in total. The fraction of sp³-hybridized carbons (Fsp3) is 0.267. The van der Waals surface area contributed by atoms with Gasteiger partial charge in [0, 0.05) is 6.54 Å². The highest BCUT2D eigenvalue weighted by atomic mass is 35.5. The second kappa shape index (κ2) is 6.11. The van der Waals surface area contributed by atoms with Crippen molar-refractivity contribution in [3.05, 3.63) is 53.3 Å². The standard InChI is InChI=1S/C15H16ClN3O/c16-14-5-1-2-6-15(14)19-10-13(9-18-19)17-8-12-4-3-7-20-11-12/h1-2,4-6,9-10,17H,3,7-8,11H2. The van der Waals surface area contributed by atoms with Gasteiger partial charge in [0.1, 0.15) is 0 Å². The first-order valence-electron chi connectivity index (χ1n) is 6.62. The third-order valence-corrected chi connectivity index (χ3v) is 3.50. The Hall–Kier alpha value is -1.78.